The van der Waals surface area contributed by atoms with Crippen LogP contribution in [0, 0.1) is 22.9 Å². The van der Waals surface area contributed by atoms with Crippen LogP contribution in [0.25, 0.3) is 0 Å². The maximum absolute atomic E-state index is 13.0. The van der Waals surface area contributed by atoms with E-state index in [2.05, 4.69) is 4.99 Å². The normalized spacial score (nSPS) is 11.0. The number of benzene rings is 2. The third kappa shape index (κ3) is 3.35. The minimum absolute atomic E-state index is 0.108. The van der Waals surface area contributed by atoms with Gasteiger partial charge in [-0.1, -0.05) is 11.6 Å². The summed E-state index contributed by atoms with van der Waals surface area (Å²) in [5.74, 6) is -0.902. The van der Waals surface area contributed by atoms with Crippen LogP contribution < -0.4 is 0 Å². The smallest absolute Gasteiger partial charge is 0.312 e. The van der Waals surface area contributed by atoms with E-state index in [1.807, 2.05) is 0 Å². The Balaban J connectivity index is 2.43. The molecule has 0 atom stereocenters. The van der Waals surface area contributed by atoms with Gasteiger partial charge in [-0.15, -0.1) is 0 Å². The number of hydrogen-bond donors (Lipinski definition) is 1. The van der Waals surface area contributed by atoms with Crippen LogP contribution in [0.15, 0.2) is 35.3 Å². The van der Waals surface area contributed by atoms with Crippen molar-refractivity contribution in [2.24, 2.45) is 4.99 Å². The molecule has 2 aromatic rings. The highest BCUT2D eigenvalue weighted by Gasteiger charge is 2.17. The molecular formula is C14H10ClFN2O3. The molecule has 0 aliphatic heterocycles. The molecular weight excluding hydrogens is 299 g/mol. The lowest BCUT2D eigenvalue weighted by atomic mass is 10.1. The van der Waals surface area contributed by atoms with E-state index in [4.69, 9.17) is 11.6 Å². The molecule has 108 valence electrons. The Morgan fingerprint density at radius 3 is 2.71 bits per heavy atom. The zero-order valence-corrected chi connectivity index (χ0v) is 11.6. The number of phenols is 1. The van der Waals surface area contributed by atoms with Crippen LogP contribution in [0.1, 0.15) is 11.1 Å². The molecule has 0 unspecified atom stereocenters. The average molecular weight is 309 g/mol. The number of rotatable bonds is 3. The van der Waals surface area contributed by atoms with E-state index in [1.54, 1.807) is 6.92 Å². The Labute approximate surface area is 124 Å². The predicted molar refractivity (Wildman–Crippen MR) is 78.2 cm³/mol. The van der Waals surface area contributed by atoms with Gasteiger partial charge in [0.1, 0.15) is 5.82 Å². The van der Waals surface area contributed by atoms with Crippen molar-refractivity contribution in [3.63, 3.8) is 0 Å². The minimum Gasteiger partial charge on any atom is -0.502 e. The predicted octanol–water partition coefficient (Wildman–Crippen LogP) is 4.15. The molecule has 0 saturated carbocycles. The van der Waals surface area contributed by atoms with Gasteiger partial charge in [-0.3, -0.25) is 15.1 Å². The standard InChI is InChI=1S/C14H10ClFN2O3/c1-8-4-11(16)2-3-12(8)17-7-9-5-10(15)6-13(14(9)19)18(20)21/h2-7,19H,1H3. The topological polar surface area (TPSA) is 75.7 Å². The first-order valence-electron chi connectivity index (χ1n) is 5.85. The van der Waals surface area contributed by atoms with Crippen LogP contribution in [-0.2, 0) is 0 Å². The van der Waals surface area contributed by atoms with Crippen molar-refractivity contribution in [2.45, 2.75) is 6.92 Å². The minimum atomic E-state index is -0.734. The fourth-order valence-electron chi connectivity index (χ4n) is 1.75. The van der Waals surface area contributed by atoms with E-state index in [1.165, 1.54) is 30.5 Å². The molecule has 0 heterocycles. The third-order valence-corrected chi connectivity index (χ3v) is 3.00. The highest BCUT2D eigenvalue weighted by molar-refractivity contribution is 6.31. The van der Waals surface area contributed by atoms with E-state index in [-0.39, 0.29) is 16.4 Å². The van der Waals surface area contributed by atoms with E-state index in [0.29, 0.717) is 11.3 Å². The molecule has 0 aliphatic carbocycles. The first-order chi connectivity index (χ1) is 9.88. The number of aliphatic imine (C=N–C) groups is 1. The number of aryl methyl sites for hydroxylation is 1. The molecule has 0 aliphatic rings. The van der Waals surface area contributed by atoms with Gasteiger partial charge in [0.05, 0.1) is 10.6 Å². The largest absolute Gasteiger partial charge is 0.502 e. The Hall–Kier alpha value is -2.47. The maximum atomic E-state index is 13.0. The lowest BCUT2D eigenvalue weighted by Gasteiger charge is -2.03. The van der Waals surface area contributed by atoms with Gasteiger partial charge in [0.25, 0.3) is 0 Å². The molecule has 0 bridgehead atoms. The fraction of sp³-hybridized carbons (Fsp3) is 0.0714. The molecule has 0 saturated heterocycles. The summed E-state index contributed by atoms with van der Waals surface area (Å²) in [5.41, 5.74) is 0.693. The van der Waals surface area contributed by atoms with Crippen LogP contribution in [0.2, 0.25) is 5.02 Å². The molecule has 21 heavy (non-hydrogen) atoms. The third-order valence-electron chi connectivity index (χ3n) is 2.78. The average Bonchev–Trinajstić information content (AvgIpc) is 2.40. The van der Waals surface area contributed by atoms with Crippen LogP contribution >= 0.6 is 11.6 Å². The summed E-state index contributed by atoms with van der Waals surface area (Å²) >= 11 is 5.77. The number of aromatic hydroxyl groups is 1. The van der Waals surface area contributed by atoms with E-state index >= 15 is 0 Å². The van der Waals surface area contributed by atoms with Crippen LogP contribution in [0.5, 0.6) is 5.75 Å². The molecule has 7 heteroatoms. The highest BCUT2D eigenvalue weighted by atomic mass is 35.5. The number of nitro benzene ring substituents is 1. The van der Waals surface area contributed by atoms with Crippen molar-refractivity contribution in [1.29, 1.82) is 0 Å². The molecule has 5 nitrogen and oxygen atoms in total. The number of phenolic OH excluding ortho intramolecular Hbond substituents is 1. The van der Waals surface area contributed by atoms with Crippen molar-refractivity contribution in [3.8, 4) is 5.75 Å². The van der Waals surface area contributed by atoms with Gasteiger partial charge < -0.3 is 5.11 Å². The van der Waals surface area contributed by atoms with Crippen molar-refractivity contribution in [1.82, 2.24) is 0 Å². The zero-order valence-electron chi connectivity index (χ0n) is 10.9. The molecule has 2 rings (SSSR count). The number of nitro groups is 1. The SMILES string of the molecule is Cc1cc(F)ccc1N=Cc1cc(Cl)cc([N+](=O)[O-])c1O. The summed E-state index contributed by atoms with van der Waals surface area (Å²) in [7, 11) is 0. The lowest BCUT2D eigenvalue weighted by molar-refractivity contribution is -0.385. The molecule has 2 aromatic carbocycles. The summed E-state index contributed by atoms with van der Waals surface area (Å²) in [5, 5.41) is 20.7. The van der Waals surface area contributed by atoms with Crippen molar-refractivity contribution in [2.75, 3.05) is 0 Å². The second-order valence-corrected chi connectivity index (χ2v) is 4.75. The second kappa shape index (κ2) is 5.88. The Morgan fingerprint density at radius 2 is 2.10 bits per heavy atom. The van der Waals surface area contributed by atoms with Crippen molar-refractivity contribution < 1.29 is 14.4 Å². The Bertz CT molecular complexity index is 747. The summed E-state index contributed by atoms with van der Waals surface area (Å²) in [6.45, 7) is 1.68. The summed E-state index contributed by atoms with van der Waals surface area (Å²) in [4.78, 5) is 14.1. The lowest BCUT2D eigenvalue weighted by Crippen LogP contribution is -1.92. The zero-order chi connectivity index (χ0) is 15.6. The van der Waals surface area contributed by atoms with E-state index in [0.717, 1.165) is 6.07 Å². The highest BCUT2D eigenvalue weighted by Crippen LogP contribution is 2.32. The van der Waals surface area contributed by atoms with Crippen LogP contribution in [0.4, 0.5) is 15.8 Å². The quantitative estimate of drug-likeness (QED) is 0.525. The molecule has 0 amide bonds. The number of halogens is 2. The monoisotopic (exact) mass is 308 g/mol. The first kappa shape index (κ1) is 14.9. The van der Waals surface area contributed by atoms with Crippen molar-refractivity contribution in [3.05, 3.63) is 62.4 Å². The molecule has 1 N–H and O–H groups in total. The van der Waals surface area contributed by atoms with Gasteiger partial charge in [0, 0.05) is 22.9 Å². The first-order valence-corrected chi connectivity index (χ1v) is 6.23. The van der Waals surface area contributed by atoms with Crippen molar-refractivity contribution >= 4 is 29.2 Å². The number of nitrogens with zero attached hydrogens (tertiary/aromatic N) is 2. The molecule has 0 fully saturated rings. The van der Waals surface area contributed by atoms with Crippen LogP contribution in [-0.4, -0.2) is 16.2 Å². The van der Waals surface area contributed by atoms with Gasteiger partial charge in [-0.05, 0) is 36.8 Å². The van der Waals surface area contributed by atoms with Gasteiger partial charge in [0.2, 0.25) is 5.75 Å². The fourth-order valence-corrected chi connectivity index (χ4v) is 1.97. The maximum Gasteiger partial charge on any atom is 0.312 e. The summed E-state index contributed by atoms with van der Waals surface area (Å²) in [6.07, 6.45) is 1.24. The second-order valence-electron chi connectivity index (χ2n) is 4.31. The van der Waals surface area contributed by atoms with Crippen LogP contribution in [0.3, 0.4) is 0 Å². The van der Waals surface area contributed by atoms with Gasteiger partial charge in [-0.25, -0.2) is 4.39 Å². The Morgan fingerprint density at radius 1 is 1.38 bits per heavy atom. The molecule has 0 aromatic heterocycles. The molecule has 0 spiro atoms. The van der Waals surface area contributed by atoms with E-state index < -0.39 is 16.4 Å². The summed E-state index contributed by atoms with van der Waals surface area (Å²) < 4.78 is 13.0. The molecule has 0 radical (unpaired) electrons. The Kier molecular flexibility index (Phi) is 4.18. The van der Waals surface area contributed by atoms with Gasteiger partial charge in [-0.2, -0.15) is 0 Å². The summed E-state index contributed by atoms with van der Waals surface area (Å²) in [6, 6.07) is 6.44. The van der Waals surface area contributed by atoms with Gasteiger partial charge in [0.15, 0.2) is 0 Å². The van der Waals surface area contributed by atoms with Gasteiger partial charge >= 0.3 is 5.69 Å². The number of hydrogen-bond acceptors (Lipinski definition) is 4. The van der Waals surface area contributed by atoms with E-state index in [9.17, 15) is 19.6 Å².